The molecule has 1 amide bonds. The van der Waals surface area contributed by atoms with E-state index in [1.165, 1.54) is 38.5 Å². The van der Waals surface area contributed by atoms with E-state index < -0.39 is 11.9 Å². The standard InChI is InChI=1S/C15H27NO3/c1-2-3-4-5-6-7-8-9-10-16-14(17)12-11-13(12)15(18)19/h12-13H,2-11H2,1H3,(H,16,17)(H,18,19). The van der Waals surface area contributed by atoms with Crippen molar-refractivity contribution >= 4 is 11.9 Å². The number of rotatable bonds is 11. The molecule has 19 heavy (non-hydrogen) atoms. The van der Waals surface area contributed by atoms with Crippen LogP contribution in [-0.4, -0.2) is 23.5 Å². The molecule has 1 aliphatic carbocycles. The Kier molecular flexibility index (Phi) is 7.53. The molecule has 0 bridgehead atoms. The van der Waals surface area contributed by atoms with Crippen molar-refractivity contribution in [2.75, 3.05) is 6.54 Å². The summed E-state index contributed by atoms with van der Waals surface area (Å²) in [5, 5.41) is 11.6. The summed E-state index contributed by atoms with van der Waals surface area (Å²) < 4.78 is 0. The third kappa shape index (κ3) is 6.60. The largest absolute Gasteiger partial charge is 0.481 e. The van der Waals surface area contributed by atoms with Gasteiger partial charge in [-0.15, -0.1) is 0 Å². The van der Waals surface area contributed by atoms with Gasteiger partial charge in [-0.3, -0.25) is 9.59 Å². The zero-order chi connectivity index (χ0) is 14.1. The van der Waals surface area contributed by atoms with Gasteiger partial charge in [-0.05, 0) is 12.8 Å². The molecule has 2 N–H and O–H groups in total. The Balaban J connectivity index is 1.86. The summed E-state index contributed by atoms with van der Waals surface area (Å²) in [5.41, 5.74) is 0. The maximum Gasteiger partial charge on any atom is 0.307 e. The lowest BCUT2D eigenvalue weighted by atomic mass is 10.1. The molecule has 0 aromatic carbocycles. The van der Waals surface area contributed by atoms with Gasteiger partial charge in [-0.1, -0.05) is 51.9 Å². The molecule has 0 heterocycles. The molecule has 1 saturated carbocycles. The Morgan fingerprint density at radius 2 is 1.58 bits per heavy atom. The van der Waals surface area contributed by atoms with Crippen molar-refractivity contribution in [3.8, 4) is 0 Å². The average molecular weight is 269 g/mol. The molecule has 0 aromatic rings. The fraction of sp³-hybridized carbons (Fsp3) is 0.867. The fourth-order valence-corrected chi connectivity index (χ4v) is 2.36. The van der Waals surface area contributed by atoms with Gasteiger partial charge in [0.05, 0.1) is 11.8 Å². The fourth-order valence-electron chi connectivity index (χ4n) is 2.36. The van der Waals surface area contributed by atoms with E-state index in [9.17, 15) is 9.59 Å². The van der Waals surface area contributed by atoms with Gasteiger partial charge >= 0.3 is 5.97 Å². The second-order valence-corrected chi connectivity index (χ2v) is 5.55. The molecule has 0 aromatic heterocycles. The number of carbonyl (C=O) groups is 2. The summed E-state index contributed by atoms with van der Waals surface area (Å²) in [7, 11) is 0. The number of amides is 1. The molecule has 4 nitrogen and oxygen atoms in total. The molecular weight excluding hydrogens is 242 g/mol. The predicted octanol–water partition coefficient (Wildman–Crippen LogP) is 2.96. The van der Waals surface area contributed by atoms with Gasteiger partial charge in [0.15, 0.2) is 0 Å². The second-order valence-electron chi connectivity index (χ2n) is 5.55. The molecular formula is C15H27NO3. The van der Waals surface area contributed by atoms with Crippen molar-refractivity contribution in [2.45, 2.75) is 64.7 Å². The quantitative estimate of drug-likeness (QED) is 0.567. The minimum absolute atomic E-state index is 0.0738. The summed E-state index contributed by atoms with van der Waals surface area (Å²) >= 11 is 0. The first-order valence-corrected chi connectivity index (χ1v) is 7.67. The third-order valence-electron chi connectivity index (χ3n) is 3.77. The van der Waals surface area contributed by atoms with E-state index in [-0.39, 0.29) is 11.8 Å². The molecule has 0 aliphatic heterocycles. The maximum atomic E-state index is 11.6. The van der Waals surface area contributed by atoms with E-state index in [0.29, 0.717) is 13.0 Å². The minimum Gasteiger partial charge on any atom is -0.481 e. The van der Waals surface area contributed by atoms with Crippen LogP contribution in [0.1, 0.15) is 64.7 Å². The van der Waals surface area contributed by atoms with E-state index in [1.54, 1.807) is 0 Å². The maximum absolute atomic E-state index is 11.6. The SMILES string of the molecule is CCCCCCCCCCNC(=O)C1CC1C(=O)O. The van der Waals surface area contributed by atoms with Gasteiger partial charge in [0, 0.05) is 6.54 Å². The lowest BCUT2D eigenvalue weighted by Gasteiger charge is -2.04. The van der Waals surface area contributed by atoms with Gasteiger partial charge < -0.3 is 10.4 Å². The molecule has 0 saturated heterocycles. The number of carboxylic acid groups (broad SMARTS) is 1. The topological polar surface area (TPSA) is 66.4 Å². The molecule has 110 valence electrons. The van der Waals surface area contributed by atoms with Gasteiger partial charge in [0.2, 0.25) is 5.91 Å². The zero-order valence-electron chi connectivity index (χ0n) is 12.0. The van der Waals surface area contributed by atoms with Crippen LogP contribution in [0.25, 0.3) is 0 Å². The van der Waals surface area contributed by atoms with Crippen LogP contribution < -0.4 is 5.32 Å². The highest BCUT2D eigenvalue weighted by Gasteiger charge is 2.48. The van der Waals surface area contributed by atoms with Gasteiger partial charge in [-0.2, -0.15) is 0 Å². The Morgan fingerprint density at radius 1 is 1.00 bits per heavy atom. The van der Waals surface area contributed by atoms with E-state index in [0.717, 1.165) is 12.8 Å². The Bertz CT molecular complexity index is 291. The predicted molar refractivity (Wildman–Crippen MR) is 74.9 cm³/mol. The summed E-state index contributed by atoms with van der Waals surface area (Å²) in [6.07, 6.45) is 10.5. The smallest absolute Gasteiger partial charge is 0.307 e. The summed E-state index contributed by atoms with van der Waals surface area (Å²) in [4.78, 5) is 22.2. The monoisotopic (exact) mass is 269 g/mol. The number of carboxylic acids is 1. The van der Waals surface area contributed by atoms with Crippen LogP contribution in [0.4, 0.5) is 0 Å². The molecule has 1 rings (SSSR count). The summed E-state index contributed by atoms with van der Waals surface area (Å²) in [5.74, 6) is -1.62. The first kappa shape index (κ1) is 16.0. The van der Waals surface area contributed by atoms with Crippen LogP contribution >= 0.6 is 0 Å². The lowest BCUT2D eigenvalue weighted by Crippen LogP contribution is -2.27. The second kappa shape index (κ2) is 8.94. The molecule has 1 fully saturated rings. The highest BCUT2D eigenvalue weighted by atomic mass is 16.4. The summed E-state index contributed by atoms with van der Waals surface area (Å²) in [6.45, 7) is 2.91. The Morgan fingerprint density at radius 3 is 2.11 bits per heavy atom. The van der Waals surface area contributed by atoms with Crippen molar-refractivity contribution in [1.29, 1.82) is 0 Å². The lowest BCUT2D eigenvalue weighted by molar-refractivity contribution is -0.140. The van der Waals surface area contributed by atoms with Crippen LogP contribution in [0.5, 0.6) is 0 Å². The Labute approximate surface area is 116 Å². The van der Waals surface area contributed by atoms with Gasteiger partial charge in [-0.25, -0.2) is 0 Å². The zero-order valence-corrected chi connectivity index (χ0v) is 12.0. The molecule has 1 aliphatic rings. The number of unbranched alkanes of at least 4 members (excludes halogenated alkanes) is 7. The molecule has 4 heteroatoms. The normalized spacial score (nSPS) is 21.1. The highest BCUT2D eigenvalue weighted by Crippen LogP contribution is 2.38. The van der Waals surface area contributed by atoms with Crippen LogP contribution in [0.3, 0.4) is 0 Å². The van der Waals surface area contributed by atoms with Crippen LogP contribution in [0.2, 0.25) is 0 Å². The van der Waals surface area contributed by atoms with Gasteiger partial charge in [0.25, 0.3) is 0 Å². The van der Waals surface area contributed by atoms with Gasteiger partial charge in [0.1, 0.15) is 0 Å². The minimum atomic E-state index is -0.841. The van der Waals surface area contributed by atoms with Crippen molar-refractivity contribution < 1.29 is 14.7 Å². The first-order valence-electron chi connectivity index (χ1n) is 7.67. The highest BCUT2D eigenvalue weighted by molar-refractivity contribution is 5.89. The molecule has 2 atom stereocenters. The molecule has 0 spiro atoms. The van der Waals surface area contributed by atoms with Crippen molar-refractivity contribution in [2.24, 2.45) is 11.8 Å². The molecule has 2 unspecified atom stereocenters. The van der Waals surface area contributed by atoms with E-state index in [4.69, 9.17) is 5.11 Å². The summed E-state index contributed by atoms with van der Waals surface area (Å²) in [6, 6.07) is 0. The van der Waals surface area contributed by atoms with Crippen LogP contribution in [-0.2, 0) is 9.59 Å². The van der Waals surface area contributed by atoms with E-state index >= 15 is 0 Å². The van der Waals surface area contributed by atoms with E-state index in [1.807, 2.05) is 0 Å². The van der Waals surface area contributed by atoms with Crippen molar-refractivity contribution in [1.82, 2.24) is 5.32 Å². The Hall–Kier alpha value is -1.06. The number of aliphatic carboxylic acids is 1. The first-order chi connectivity index (χ1) is 9.16. The van der Waals surface area contributed by atoms with E-state index in [2.05, 4.69) is 12.2 Å². The van der Waals surface area contributed by atoms with Crippen molar-refractivity contribution in [3.05, 3.63) is 0 Å². The number of hydrogen-bond acceptors (Lipinski definition) is 2. The number of hydrogen-bond donors (Lipinski definition) is 2. The van der Waals surface area contributed by atoms with Crippen LogP contribution in [0.15, 0.2) is 0 Å². The third-order valence-corrected chi connectivity index (χ3v) is 3.77. The molecule has 0 radical (unpaired) electrons. The average Bonchev–Trinajstić information content (AvgIpc) is 3.17. The number of carbonyl (C=O) groups excluding carboxylic acids is 1. The van der Waals surface area contributed by atoms with Crippen molar-refractivity contribution in [3.63, 3.8) is 0 Å². The number of nitrogens with one attached hydrogen (secondary N) is 1. The van der Waals surface area contributed by atoms with Crippen LogP contribution in [0, 0.1) is 11.8 Å².